The van der Waals surface area contributed by atoms with Crippen LogP contribution >= 0.6 is 12.2 Å². The van der Waals surface area contributed by atoms with E-state index >= 15 is 0 Å². The molecular weight excluding hydrogens is 426 g/mol. The first kappa shape index (κ1) is 22.8. The van der Waals surface area contributed by atoms with Crippen LogP contribution in [0.5, 0.6) is 0 Å². The van der Waals surface area contributed by atoms with Gasteiger partial charge >= 0.3 is 12.0 Å². The Morgan fingerprint density at radius 2 is 1.84 bits per heavy atom. The van der Waals surface area contributed by atoms with Crippen molar-refractivity contribution in [1.82, 2.24) is 10.2 Å². The van der Waals surface area contributed by atoms with E-state index in [2.05, 4.69) is 16.0 Å². The minimum atomic E-state index is -0.519. The molecule has 2 aromatic carbocycles. The molecule has 0 aromatic heterocycles. The largest absolute Gasteiger partial charge is 0.463 e. The van der Waals surface area contributed by atoms with Crippen LogP contribution in [0.25, 0.3) is 0 Å². The fourth-order valence-electron chi connectivity index (χ4n) is 3.31. The number of hydrogen-bond donors (Lipinski definition) is 3. The van der Waals surface area contributed by atoms with Crippen LogP contribution < -0.4 is 16.0 Å². The molecule has 0 fully saturated rings. The number of rotatable bonds is 5. The van der Waals surface area contributed by atoms with Crippen molar-refractivity contribution in [1.29, 1.82) is 5.26 Å². The summed E-state index contributed by atoms with van der Waals surface area (Å²) in [6.45, 7) is 3.82. The van der Waals surface area contributed by atoms with Gasteiger partial charge in [0.25, 0.3) is 0 Å². The topological polar surface area (TPSA) is 106 Å². The van der Waals surface area contributed by atoms with Crippen LogP contribution in [-0.2, 0) is 9.53 Å². The van der Waals surface area contributed by atoms with Crippen LogP contribution in [0.2, 0.25) is 0 Å². The molecule has 0 aliphatic carbocycles. The first-order chi connectivity index (χ1) is 15.3. The average molecular weight is 450 g/mol. The summed E-state index contributed by atoms with van der Waals surface area (Å²) in [5.41, 5.74) is 3.38. The summed E-state index contributed by atoms with van der Waals surface area (Å²) < 4.78 is 5.26. The highest BCUT2D eigenvalue weighted by atomic mass is 32.1. The average Bonchev–Trinajstić information content (AvgIpc) is 2.77. The number of nitrogens with zero attached hydrogens (tertiary/aromatic N) is 2. The minimum Gasteiger partial charge on any atom is -0.463 e. The van der Waals surface area contributed by atoms with E-state index in [0.29, 0.717) is 33.3 Å². The Hall–Kier alpha value is -3.90. The number of allylic oxidation sites excluding steroid dienone is 1. The molecule has 2 aromatic rings. The summed E-state index contributed by atoms with van der Waals surface area (Å²) in [5, 5.41) is 18.1. The lowest BCUT2D eigenvalue weighted by Gasteiger charge is -2.35. The number of benzene rings is 2. The highest BCUT2D eigenvalue weighted by molar-refractivity contribution is 7.80. The molecule has 2 amide bonds. The summed E-state index contributed by atoms with van der Waals surface area (Å²) in [6, 6.07) is 14.8. The monoisotopic (exact) mass is 449 g/mol. The van der Waals surface area contributed by atoms with Crippen molar-refractivity contribution in [2.24, 2.45) is 0 Å². The van der Waals surface area contributed by atoms with Crippen LogP contribution in [0.3, 0.4) is 0 Å². The van der Waals surface area contributed by atoms with E-state index in [1.54, 1.807) is 61.3 Å². The second kappa shape index (κ2) is 9.94. The fourth-order valence-corrected chi connectivity index (χ4v) is 3.57. The smallest absolute Gasteiger partial charge is 0.338 e. The predicted molar refractivity (Wildman–Crippen MR) is 126 cm³/mol. The maximum Gasteiger partial charge on any atom is 0.338 e. The molecule has 0 saturated heterocycles. The van der Waals surface area contributed by atoms with Crippen molar-refractivity contribution in [3.05, 3.63) is 70.9 Å². The van der Waals surface area contributed by atoms with Crippen LogP contribution in [0.15, 0.2) is 59.8 Å². The highest BCUT2D eigenvalue weighted by Gasteiger charge is 2.33. The van der Waals surface area contributed by atoms with Crippen molar-refractivity contribution in [3.8, 4) is 6.07 Å². The number of carbonyl (C=O) groups excluding carboxylic acids is 2. The minimum absolute atomic E-state index is 0.255. The second-order valence-corrected chi connectivity index (χ2v) is 7.44. The van der Waals surface area contributed by atoms with Crippen LogP contribution in [0.4, 0.5) is 16.2 Å². The zero-order chi connectivity index (χ0) is 23.3. The standard InChI is InChI=1S/C23H23N5O3S/c1-4-31-21(29)19-14(2)28(3)23(32)27-20(19)16-8-6-10-18(12-16)26-22(30)25-17-9-5-7-15(11-17)13-24/h5-12,20H,4H2,1-3H3,(H,27,32)(H2,25,26,30). The van der Waals surface area contributed by atoms with E-state index in [1.807, 2.05) is 19.1 Å². The summed E-state index contributed by atoms with van der Waals surface area (Å²) in [4.78, 5) is 26.8. The van der Waals surface area contributed by atoms with Gasteiger partial charge < -0.3 is 25.6 Å². The van der Waals surface area contributed by atoms with Crippen molar-refractivity contribution in [2.45, 2.75) is 19.9 Å². The molecule has 9 heteroatoms. The number of amides is 2. The number of anilines is 2. The molecule has 3 rings (SSSR count). The molecule has 164 valence electrons. The van der Waals surface area contributed by atoms with Crippen LogP contribution in [-0.4, -0.2) is 35.7 Å². The Bertz CT molecular complexity index is 1140. The van der Waals surface area contributed by atoms with Crippen molar-refractivity contribution >= 4 is 40.7 Å². The zero-order valence-corrected chi connectivity index (χ0v) is 18.7. The lowest BCUT2D eigenvalue weighted by molar-refractivity contribution is -0.139. The van der Waals surface area contributed by atoms with Gasteiger partial charge in [0, 0.05) is 24.1 Å². The molecule has 0 radical (unpaired) electrons. The summed E-state index contributed by atoms with van der Waals surface area (Å²) in [7, 11) is 1.78. The first-order valence-corrected chi connectivity index (χ1v) is 10.3. The number of carbonyl (C=O) groups is 2. The van der Waals surface area contributed by atoms with Crippen molar-refractivity contribution in [3.63, 3.8) is 0 Å². The third kappa shape index (κ3) is 5.04. The van der Waals surface area contributed by atoms with Gasteiger partial charge in [-0.1, -0.05) is 18.2 Å². The molecule has 1 unspecified atom stereocenters. The Morgan fingerprint density at radius 3 is 2.50 bits per heavy atom. The van der Waals surface area contributed by atoms with Gasteiger partial charge in [0.1, 0.15) is 0 Å². The number of ether oxygens (including phenoxy) is 1. The Kier molecular flexibility index (Phi) is 7.07. The second-order valence-electron chi connectivity index (χ2n) is 7.06. The third-order valence-electron chi connectivity index (χ3n) is 4.98. The third-order valence-corrected chi connectivity index (χ3v) is 5.37. The predicted octanol–water partition coefficient (Wildman–Crippen LogP) is 3.90. The Labute approximate surface area is 191 Å². The van der Waals surface area contributed by atoms with Gasteiger partial charge in [-0.3, -0.25) is 0 Å². The zero-order valence-electron chi connectivity index (χ0n) is 17.9. The van der Waals surface area contributed by atoms with Gasteiger partial charge in [0.15, 0.2) is 5.11 Å². The number of nitrogens with one attached hydrogen (secondary N) is 3. The Morgan fingerprint density at radius 1 is 1.19 bits per heavy atom. The summed E-state index contributed by atoms with van der Waals surface area (Å²) in [6.07, 6.45) is 0. The first-order valence-electron chi connectivity index (χ1n) is 9.94. The lowest BCUT2D eigenvalue weighted by Crippen LogP contribution is -2.46. The van der Waals surface area contributed by atoms with E-state index in [1.165, 1.54) is 0 Å². The molecule has 0 spiro atoms. The molecule has 1 aliphatic heterocycles. The maximum absolute atomic E-state index is 12.7. The molecule has 1 aliphatic rings. The number of urea groups is 1. The summed E-state index contributed by atoms with van der Waals surface area (Å²) in [5.74, 6) is -0.426. The van der Waals surface area contributed by atoms with Gasteiger partial charge in [-0.05, 0) is 62.0 Å². The normalized spacial score (nSPS) is 15.5. The van der Waals surface area contributed by atoms with E-state index < -0.39 is 18.0 Å². The number of esters is 1. The van der Waals surface area contributed by atoms with Crippen LogP contribution in [0.1, 0.15) is 31.0 Å². The van der Waals surface area contributed by atoms with Gasteiger partial charge in [-0.25, -0.2) is 9.59 Å². The molecule has 1 heterocycles. The number of hydrogen-bond acceptors (Lipinski definition) is 5. The molecule has 3 N–H and O–H groups in total. The van der Waals surface area contributed by atoms with Gasteiger partial charge in [0.05, 0.1) is 29.9 Å². The van der Waals surface area contributed by atoms with Gasteiger partial charge in [-0.15, -0.1) is 0 Å². The van der Waals surface area contributed by atoms with E-state index in [-0.39, 0.29) is 6.61 Å². The van der Waals surface area contributed by atoms with Crippen molar-refractivity contribution in [2.75, 3.05) is 24.3 Å². The fraction of sp³-hybridized carbons (Fsp3) is 0.217. The highest BCUT2D eigenvalue weighted by Crippen LogP contribution is 2.32. The maximum atomic E-state index is 12.7. The lowest BCUT2D eigenvalue weighted by atomic mass is 9.95. The molecule has 1 atom stereocenters. The molecule has 0 bridgehead atoms. The number of thiocarbonyl (C=S) groups is 1. The molecule has 8 nitrogen and oxygen atoms in total. The quantitative estimate of drug-likeness (QED) is 0.469. The molecule has 32 heavy (non-hydrogen) atoms. The van der Waals surface area contributed by atoms with E-state index in [0.717, 1.165) is 5.56 Å². The van der Waals surface area contributed by atoms with Crippen molar-refractivity contribution < 1.29 is 14.3 Å². The van der Waals surface area contributed by atoms with E-state index in [9.17, 15) is 9.59 Å². The molecule has 0 saturated carbocycles. The van der Waals surface area contributed by atoms with Gasteiger partial charge in [0.2, 0.25) is 0 Å². The SMILES string of the molecule is CCOC(=O)C1=C(C)N(C)C(=S)NC1c1cccc(NC(=O)Nc2cccc(C#N)c2)c1. The summed E-state index contributed by atoms with van der Waals surface area (Å²) >= 11 is 5.41. The van der Waals surface area contributed by atoms with Gasteiger partial charge in [-0.2, -0.15) is 5.26 Å². The van der Waals surface area contributed by atoms with E-state index in [4.69, 9.17) is 22.2 Å². The Balaban J connectivity index is 1.84. The van der Waals surface area contributed by atoms with Crippen LogP contribution in [0, 0.1) is 11.3 Å². The molecular formula is C23H23N5O3S. The number of nitriles is 1.